The highest BCUT2D eigenvalue weighted by atomic mass is 32.1. The van der Waals surface area contributed by atoms with Crippen molar-refractivity contribution in [2.75, 3.05) is 26.0 Å². The molecule has 0 atom stereocenters. The van der Waals surface area contributed by atoms with Gasteiger partial charge in [-0.2, -0.15) is 0 Å². The fourth-order valence-electron chi connectivity index (χ4n) is 2.45. The van der Waals surface area contributed by atoms with Gasteiger partial charge in [0.25, 0.3) is 5.56 Å². The first-order valence-corrected chi connectivity index (χ1v) is 8.51. The molecular weight excluding hydrogens is 340 g/mol. The number of amides is 1. The van der Waals surface area contributed by atoms with Crippen molar-refractivity contribution in [3.63, 3.8) is 0 Å². The molecule has 0 unspecified atom stereocenters. The number of hydrogen-bond acceptors (Lipinski definition) is 6. The zero-order valence-corrected chi connectivity index (χ0v) is 14.7. The summed E-state index contributed by atoms with van der Waals surface area (Å²) in [7, 11) is 3.39. The Morgan fingerprint density at radius 1 is 1.40 bits per heavy atom. The molecule has 0 aliphatic rings. The molecule has 0 saturated heterocycles. The van der Waals surface area contributed by atoms with Crippen molar-refractivity contribution in [2.24, 2.45) is 0 Å². The molecule has 0 spiro atoms. The number of benzene rings is 1. The fourth-order valence-corrected chi connectivity index (χ4v) is 3.19. The number of hydrogen-bond donors (Lipinski definition) is 1. The van der Waals surface area contributed by atoms with Crippen LogP contribution in [0.25, 0.3) is 4.96 Å². The third-order valence-electron chi connectivity index (χ3n) is 3.56. The van der Waals surface area contributed by atoms with Crippen LogP contribution in [0.3, 0.4) is 0 Å². The van der Waals surface area contributed by atoms with Gasteiger partial charge in [0.2, 0.25) is 5.91 Å². The molecule has 25 heavy (non-hydrogen) atoms. The number of fused-ring (bicyclic) bond motifs is 1. The molecule has 1 amide bonds. The van der Waals surface area contributed by atoms with E-state index in [4.69, 9.17) is 4.74 Å². The second-order valence-electron chi connectivity index (χ2n) is 5.59. The lowest BCUT2D eigenvalue weighted by Crippen LogP contribution is -2.30. The fraction of sp³-hybridized carbons (Fsp3) is 0.235. The quantitative estimate of drug-likeness (QED) is 0.728. The molecular formula is C17H18N4O3S. The van der Waals surface area contributed by atoms with Gasteiger partial charge in [-0.15, -0.1) is 11.3 Å². The average Bonchev–Trinajstić information content (AvgIpc) is 3.03. The molecule has 0 bridgehead atoms. The first-order valence-electron chi connectivity index (χ1n) is 7.63. The average molecular weight is 358 g/mol. The van der Waals surface area contributed by atoms with Gasteiger partial charge in [0.1, 0.15) is 5.75 Å². The molecule has 8 heteroatoms. The maximum atomic E-state index is 12.2. The van der Waals surface area contributed by atoms with Gasteiger partial charge in [0.15, 0.2) is 4.96 Å². The van der Waals surface area contributed by atoms with Gasteiger partial charge in [0.05, 0.1) is 19.3 Å². The Morgan fingerprint density at radius 3 is 3.04 bits per heavy atom. The van der Waals surface area contributed by atoms with Crippen molar-refractivity contribution >= 4 is 27.9 Å². The summed E-state index contributed by atoms with van der Waals surface area (Å²) < 4.78 is 6.64. The van der Waals surface area contributed by atoms with Crippen LogP contribution in [0.1, 0.15) is 5.69 Å². The highest BCUT2D eigenvalue weighted by Gasteiger charge is 2.10. The number of methoxy groups -OCH3 is 1. The van der Waals surface area contributed by atoms with Crippen molar-refractivity contribution in [3.05, 3.63) is 58.0 Å². The Balaban J connectivity index is 1.61. The van der Waals surface area contributed by atoms with E-state index in [-0.39, 0.29) is 18.0 Å². The van der Waals surface area contributed by atoms with Crippen LogP contribution in [-0.2, 0) is 11.3 Å². The summed E-state index contributed by atoms with van der Waals surface area (Å²) in [6.07, 6.45) is 1.70. The zero-order chi connectivity index (χ0) is 17.8. The molecule has 1 N–H and O–H groups in total. The third kappa shape index (κ3) is 4.23. The van der Waals surface area contributed by atoms with Crippen molar-refractivity contribution in [3.8, 4) is 5.75 Å². The number of thiazole rings is 1. The van der Waals surface area contributed by atoms with Gasteiger partial charge < -0.3 is 10.1 Å². The normalized spacial score (nSPS) is 11.0. The molecule has 3 rings (SSSR count). The smallest absolute Gasteiger partial charge is 0.258 e. The highest BCUT2D eigenvalue weighted by molar-refractivity contribution is 7.15. The van der Waals surface area contributed by atoms with E-state index in [2.05, 4.69) is 10.3 Å². The van der Waals surface area contributed by atoms with Crippen molar-refractivity contribution < 1.29 is 9.53 Å². The first kappa shape index (κ1) is 17.1. The molecule has 7 nitrogen and oxygen atoms in total. The lowest BCUT2D eigenvalue weighted by molar-refractivity contribution is -0.117. The number of anilines is 1. The first-order chi connectivity index (χ1) is 12.0. The highest BCUT2D eigenvalue weighted by Crippen LogP contribution is 2.16. The molecule has 2 heterocycles. The van der Waals surface area contributed by atoms with Crippen LogP contribution in [0.2, 0.25) is 0 Å². The zero-order valence-electron chi connectivity index (χ0n) is 13.9. The molecule has 1 aromatic carbocycles. The van der Waals surface area contributed by atoms with Gasteiger partial charge in [-0.05, 0) is 19.2 Å². The minimum atomic E-state index is -0.148. The lowest BCUT2D eigenvalue weighted by Gasteiger charge is -2.16. The molecule has 3 aromatic rings. The summed E-state index contributed by atoms with van der Waals surface area (Å²) in [4.78, 5) is 31.1. The van der Waals surface area contributed by atoms with Gasteiger partial charge >= 0.3 is 0 Å². The Labute approximate surface area is 148 Å². The summed E-state index contributed by atoms with van der Waals surface area (Å²) in [6, 6.07) is 8.67. The standard InChI is InChI=1S/C17H18N4O3S/c1-20(10-13-9-16(23)21-6-7-25-17(21)19-13)11-15(22)18-12-4-3-5-14(8-12)24-2/h3-9H,10-11H2,1-2H3,(H,18,22). The molecule has 130 valence electrons. The van der Waals surface area contributed by atoms with E-state index < -0.39 is 0 Å². The van der Waals surface area contributed by atoms with Crippen LogP contribution in [0.15, 0.2) is 46.7 Å². The number of carbonyl (C=O) groups is 1. The molecule has 0 saturated carbocycles. The Morgan fingerprint density at radius 2 is 2.24 bits per heavy atom. The molecule has 2 aromatic heterocycles. The number of rotatable bonds is 6. The summed E-state index contributed by atoms with van der Waals surface area (Å²) in [5.74, 6) is 0.532. The number of ether oxygens (including phenoxy) is 1. The number of carbonyl (C=O) groups excluding carboxylic acids is 1. The predicted molar refractivity (Wildman–Crippen MR) is 97.3 cm³/mol. The summed E-state index contributed by atoms with van der Waals surface area (Å²) in [6.45, 7) is 0.595. The second-order valence-corrected chi connectivity index (χ2v) is 6.47. The predicted octanol–water partition coefficient (Wildman–Crippen LogP) is 1.84. The lowest BCUT2D eigenvalue weighted by atomic mass is 10.3. The van der Waals surface area contributed by atoms with E-state index in [1.54, 1.807) is 30.3 Å². The Kier molecular flexibility index (Phi) is 5.11. The molecule has 0 aliphatic heterocycles. The maximum absolute atomic E-state index is 12.2. The topological polar surface area (TPSA) is 75.9 Å². The van der Waals surface area contributed by atoms with E-state index in [0.29, 0.717) is 28.6 Å². The number of aromatic nitrogens is 2. The Hall–Kier alpha value is -2.71. The van der Waals surface area contributed by atoms with Crippen molar-refractivity contribution in [2.45, 2.75) is 6.54 Å². The van der Waals surface area contributed by atoms with Gasteiger partial charge in [0, 0.05) is 35.9 Å². The number of likely N-dealkylation sites (N-methyl/N-ethyl adjacent to an activating group) is 1. The van der Waals surface area contributed by atoms with Crippen LogP contribution in [0, 0.1) is 0 Å². The van der Waals surface area contributed by atoms with E-state index in [1.165, 1.54) is 21.8 Å². The van der Waals surface area contributed by atoms with E-state index in [9.17, 15) is 9.59 Å². The van der Waals surface area contributed by atoms with Crippen LogP contribution in [0.4, 0.5) is 5.69 Å². The minimum Gasteiger partial charge on any atom is -0.497 e. The van der Waals surface area contributed by atoms with Gasteiger partial charge in [-0.25, -0.2) is 4.98 Å². The van der Waals surface area contributed by atoms with E-state index >= 15 is 0 Å². The van der Waals surface area contributed by atoms with E-state index in [0.717, 1.165) is 0 Å². The van der Waals surface area contributed by atoms with E-state index in [1.807, 2.05) is 24.6 Å². The van der Waals surface area contributed by atoms with Crippen LogP contribution >= 0.6 is 11.3 Å². The van der Waals surface area contributed by atoms with Crippen LogP contribution in [0.5, 0.6) is 5.75 Å². The molecule has 0 aliphatic carbocycles. The summed E-state index contributed by atoms with van der Waals surface area (Å²) >= 11 is 1.40. The molecule has 0 fully saturated rings. The van der Waals surface area contributed by atoms with Gasteiger partial charge in [-0.1, -0.05) is 6.07 Å². The van der Waals surface area contributed by atoms with Crippen molar-refractivity contribution in [1.82, 2.24) is 14.3 Å². The monoisotopic (exact) mass is 358 g/mol. The van der Waals surface area contributed by atoms with Gasteiger partial charge in [-0.3, -0.25) is 18.9 Å². The minimum absolute atomic E-state index is 0.115. The Bertz CT molecular complexity index is 950. The maximum Gasteiger partial charge on any atom is 0.258 e. The number of nitrogens with one attached hydrogen (secondary N) is 1. The summed E-state index contributed by atoms with van der Waals surface area (Å²) in [5.41, 5.74) is 1.20. The van der Waals surface area contributed by atoms with Crippen LogP contribution < -0.4 is 15.6 Å². The second kappa shape index (κ2) is 7.45. The number of nitrogens with zero attached hydrogens (tertiary/aromatic N) is 3. The van der Waals surface area contributed by atoms with Crippen LogP contribution in [-0.4, -0.2) is 40.9 Å². The largest absolute Gasteiger partial charge is 0.497 e. The SMILES string of the molecule is COc1cccc(NC(=O)CN(C)Cc2cc(=O)n3ccsc3n2)c1. The third-order valence-corrected chi connectivity index (χ3v) is 4.31. The van der Waals surface area contributed by atoms with Crippen molar-refractivity contribution in [1.29, 1.82) is 0 Å². The molecule has 0 radical (unpaired) electrons. The summed E-state index contributed by atoms with van der Waals surface area (Å²) in [5, 5.41) is 4.64.